The van der Waals surface area contributed by atoms with E-state index >= 15 is 0 Å². The molecule has 0 bridgehead atoms. The molecule has 2 rings (SSSR count). The number of hydrogen-bond acceptors (Lipinski definition) is 3. The van der Waals surface area contributed by atoms with Crippen LogP contribution in [0.2, 0.25) is 0 Å². The predicted octanol–water partition coefficient (Wildman–Crippen LogP) is -0.143. The number of aliphatic hydroxyl groups excluding tert-OH is 1. The van der Waals surface area contributed by atoms with Crippen LogP contribution in [0.5, 0.6) is 0 Å². The molecule has 2 saturated heterocycles. The number of likely N-dealkylation sites (N-methyl/N-ethyl adjacent to an activating group) is 1. The lowest BCUT2D eigenvalue weighted by Gasteiger charge is -2.34. The number of urea groups is 1. The second kappa shape index (κ2) is 5.01. The molecule has 0 radical (unpaired) electrons. The third kappa shape index (κ3) is 2.30. The minimum atomic E-state index is -0.432. The Bertz CT molecular complexity index is 254. The Morgan fingerprint density at radius 3 is 2.56 bits per heavy atom. The summed E-state index contributed by atoms with van der Waals surface area (Å²) in [6.45, 7) is 3.00. The molecule has 2 N–H and O–H groups in total. The van der Waals surface area contributed by atoms with E-state index in [9.17, 15) is 9.90 Å². The summed E-state index contributed by atoms with van der Waals surface area (Å²) in [4.78, 5) is 15.7. The Kier molecular flexibility index (Phi) is 3.66. The minimum Gasteiger partial charge on any atom is -0.390 e. The van der Waals surface area contributed by atoms with E-state index in [2.05, 4.69) is 5.32 Å². The Balaban J connectivity index is 1.92. The topological polar surface area (TPSA) is 55.8 Å². The Hall–Kier alpha value is -0.810. The van der Waals surface area contributed by atoms with Crippen molar-refractivity contribution in [3.05, 3.63) is 0 Å². The van der Waals surface area contributed by atoms with Crippen molar-refractivity contribution in [2.24, 2.45) is 0 Å². The van der Waals surface area contributed by atoms with E-state index in [1.807, 2.05) is 4.90 Å². The Morgan fingerprint density at radius 2 is 2.00 bits per heavy atom. The highest BCUT2D eigenvalue weighted by molar-refractivity contribution is 5.74. The van der Waals surface area contributed by atoms with E-state index in [0.717, 1.165) is 25.9 Å². The molecule has 16 heavy (non-hydrogen) atoms. The first-order valence-corrected chi connectivity index (χ1v) is 6.10. The summed E-state index contributed by atoms with van der Waals surface area (Å²) in [5.74, 6) is 0. The highest BCUT2D eigenvalue weighted by atomic mass is 16.3. The van der Waals surface area contributed by atoms with Gasteiger partial charge < -0.3 is 20.2 Å². The number of hydrogen-bond donors (Lipinski definition) is 2. The predicted molar refractivity (Wildman–Crippen MR) is 61.2 cm³/mol. The van der Waals surface area contributed by atoms with Gasteiger partial charge in [-0.05, 0) is 19.3 Å². The van der Waals surface area contributed by atoms with E-state index in [-0.39, 0.29) is 12.1 Å². The van der Waals surface area contributed by atoms with Crippen molar-refractivity contribution in [3.8, 4) is 0 Å². The van der Waals surface area contributed by atoms with Gasteiger partial charge in [0.25, 0.3) is 0 Å². The summed E-state index contributed by atoms with van der Waals surface area (Å²) < 4.78 is 0. The van der Waals surface area contributed by atoms with Crippen LogP contribution in [-0.4, -0.2) is 66.3 Å². The first-order valence-electron chi connectivity index (χ1n) is 6.10. The van der Waals surface area contributed by atoms with Crippen LogP contribution in [0, 0.1) is 0 Å². The van der Waals surface area contributed by atoms with Gasteiger partial charge in [-0.25, -0.2) is 4.79 Å². The molecule has 5 nitrogen and oxygen atoms in total. The summed E-state index contributed by atoms with van der Waals surface area (Å²) in [6, 6.07) is -0.0122. The molecule has 2 amide bonds. The highest BCUT2D eigenvalue weighted by Crippen LogP contribution is 2.14. The Morgan fingerprint density at radius 1 is 1.31 bits per heavy atom. The number of rotatable bonds is 1. The second-order valence-corrected chi connectivity index (χ2v) is 4.73. The number of amides is 2. The summed E-state index contributed by atoms with van der Waals surface area (Å²) in [7, 11) is 1.79. The van der Waals surface area contributed by atoms with E-state index < -0.39 is 6.10 Å². The number of nitrogens with one attached hydrogen (secondary N) is 1. The van der Waals surface area contributed by atoms with Gasteiger partial charge in [-0.15, -0.1) is 0 Å². The molecule has 2 aliphatic heterocycles. The summed E-state index contributed by atoms with van der Waals surface area (Å²) in [5, 5.41) is 12.8. The molecule has 0 aromatic rings. The van der Waals surface area contributed by atoms with Crippen LogP contribution in [0.25, 0.3) is 0 Å². The zero-order chi connectivity index (χ0) is 11.5. The summed E-state index contributed by atoms with van der Waals surface area (Å²) in [5.41, 5.74) is 0. The zero-order valence-electron chi connectivity index (χ0n) is 9.85. The van der Waals surface area contributed by atoms with Gasteiger partial charge >= 0.3 is 6.03 Å². The van der Waals surface area contributed by atoms with Gasteiger partial charge in [0, 0.05) is 33.2 Å². The summed E-state index contributed by atoms with van der Waals surface area (Å²) in [6.07, 6.45) is 3.00. The maximum atomic E-state index is 12.1. The molecule has 0 aromatic carbocycles. The minimum absolute atomic E-state index is 0.0625. The summed E-state index contributed by atoms with van der Waals surface area (Å²) >= 11 is 0. The third-order valence-electron chi connectivity index (χ3n) is 3.58. The molecule has 2 atom stereocenters. The Labute approximate surface area is 96.4 Å². The molecule has 0 spiro atoms. The fourth-order valence-corrected chi connectivity index (χ4v) is 2.50. The van der Waals surface area contributed by atoms with E-state index in [1.54, 1.807) is 11.9 Å². The molecule has 2 aliphatic rings. The normalized spacial score (nSPS) is 30.5. The lowest BCUT2D eigenvalue weighted by molar-refractivity contribution is 0.0896. The van der Waals surface area contributed by atoms with Gasteiger partial charge in [-0.1, -0.05) is 0 Å². The lowest BCUT2D eigenvalue weighted by Crippen LogP contribution is -2.51. The molecule has 0 aromatic heterocycles. The van der Waals surface area contributed by atoms with Gasteiger partial charge in [0.1, 0.15) is 0 Å². The van der Waals surface area contributed by atoms with Crippen molar-refractivity contribution >= 4 is 6.03 Å². The first kappa shape index (κ1) is 11.7. The quantitative estimate of drug-likeness (QED) is 0.655. The van der Waals surface area contributed by atoms with Crippen molar-refractivity contribution < 1.29 is 9.90 Å². The van der Waals surface area contributed by atoms with Crippen molar-refractivity contribution in [2.75, 3.05) is 33.2 Å². The monoisotopic (exact) mass is 227 g/mol. The number of piperidine rings is 1. The highest BCUT2D eigenvalue weighted by Gasteiger charge is 2.33. The average molecular weight is 227 g/mol. The maximum absolute atomic E-state index is 12.1. The van der Waals surface area contributed by atoms with E-state index in [0.29, 0.717) is 13.1 Å². The van der Waals surface area contributed by atoms with Crippen LogP contribution < -0.4 is 5.32 Å². The number of β-amino-alcohol motifs (C(OH)–C–C–N with tert-alkyl or cyclic N) is 1. The molecule has 2 heterocycles. The van der Waals surface area contributed by atoms with Crippen molar-refractivity contribution in [3.63, 3.8) is 0 Å². The van der Waals surface area contributed by atoms with Gasteiger partial charge in [-0.3, -0.25) is 0 Å². The molecule has 0 saturated carbocycles. The first-order chi connectivity index (χ1) is 7.70. The molecular formula is C11H21N3O2. The SMILES string of the molecule is CN(C(=O)N1CCCCC1)[C@H]1CNC[C@@H]1O. The standard InChI is InChI=1S/C11H21N3O2/c1-13(9-7-12-8-10(9)15)11(16)14-5-3-2-4-6-14/h9-10,12,15H,2-8H2,1H3/t9-,10-/m0/s1. The fraction of sp³-hybridized carbons (Fsp3) is 0.909. The maximum Gasteiger partial charge on any atom is 0.320 e. The van der Waals surface area contributed by atoms with Gasteiger partial charge in [-0.2, -0.15) is 0 Å². The van der Waals surface area contributed by atoms with Crippen LogP contribution in [0.3, 0.4) is 0 Å². The van der Waals surface area contributed by atoms with Gasteiger partial charge in [0.15, 0.2) is 0 Å². The van der Waals surface area contributed by atoms with Crippen LogP contribution in [0.1, 0.15) is 19.3 Å². The van der Waals surface area contributed by atoms with Crippen molar-refractivity contribution in [2.45, 2.75) is 31.4 Å². The molecule has 5 heteroatoms. The zero-order valence-corrected chi connectivity index (χ0v) is 9.85. The third-order valence-corrected chi connectivity index (χ3v) is 3.58. The lowest BCUT2D eigenvalue weighted by atomic mass is 10.1. The second-order valence-electron chi connectivity index (χ2n) is 4.73. The number of nitrogens with zero attached hydrogens (tertiary/aromatic N) is 2. The molecular weight excluding hydrogens is 206 g/mol. The molecule has 92 valence electrons. The average Bonchev–Trinajstić information content (AvgIpc) is 2.75. The largest absolute Gasteiger partial charge is 0.390 e. The van der Waals surface area contributed by atoms with Crippen LogP contribution in [-0.2, 0) is 0 Å². The smallest absolute Gasteiger partial charge is 0.320 e. The molecule has 2 fully saturated rings. The van der Waals surface area contributed by atoms with E-state index in [4.69, 9.17) is 0 Å². The number of carbonyl (C=O) groups is 1. The van der Waals surface area contributed by atoms with Gasteiger partial charge in [0.2, 0.25) is 0 Å². The molecule has 0 unspecified atom stereocenters. The fourth-order valence-electron chi connectivity index (χ4n) is 2.50. The van der Waals surface area contributed by atoms with Crippen LogP contribution in [0.15, 0.2) is 0 Å². The number of aliphatic hydroxyl groups is 1. The van der Waals surface area contributed by atoms with Crippen molar-refractivity contribution in [1.29, 1.82) is 0 Å². The molecule has 0 aliphatic carbocycles. The van der Waals surface area contributed by atoms with Crippen LogP contribution in [0.4, 0.5) is 4.79 Å². The van der Waals surface area contributed by atoms with Crippen LogP contribution >= 0.6 is 0 Å². The number of likely N-dealkylation sites (tertiary alicyclic amines) is 1. The van der Waals surface area contributed by atoms with Gasteiger partial charge in [0.05, 0.1) is 12.1 Å². The van der Waals surface area contributed by atoms with Crippen molar-refractivity contribution in [1.82, 2.24) is 15.1 Å². The van der Waals surface area contributed by atoms with E-state index in [1.165, 1.54) is 6.42 Å². The number of carbonyl (C=O) groups excluding carboxylic acids is 1.